The van der Waals surface area contributed by atoms with Gasteiger partial charge in [-0.1, -0.05) is 23.7 Å². The minimum Gasteiger partial charge on any atom is -0.493 e. The predicted octanol–water partition coefficient (Wildman–Crippen LogP) is 3.41. The molecular weight excluding hydrogens is 372 g/mol. The monoisotopic (exact) mass is 388 g/mol. The van der Waals surface area contributed by atoms with E-state index in [1.54, 1.807) is 24.3 Å². The number of benzene rings is 2. The normalized spacial score (nSPS) is 11.1. The van der Waals surface area contributed by atoms with E-state index >= 15 is 0 Å². The number of methoxy groups -OCH3 is 2. The molecule has 140 valence electrons. The molecule has 0 aliphatic carbocycles. The zero-order valence-corrected chi connectivity index (χ0v) is 15.7. The molecule has 0 fully saturated rings. The first-order chi connectivity index (χ1) is 12.9. The number of esters is 1. The van der Waals surface area contributed by atoms with Gasteiger partial charge in [0.25, 0.3) is 5.91 Å². The van der Waals surface area contributed by atoms with Gasteiger partial charge in [-0.3, -0.25) is 4.79 Å². The predicted molar refractivity (Wildman–Crippen MR) is 99.2 cm³/mol. The maximum absolute atomic E-state index is 12.3. The summed E-state index contributed by atoms with van der Waals surface area (Å²) in [7, 11) is 2.83. The molecule has 0 aliphatic rings. The molecule has 27 heavy (non-hydrogen) atoms. The third-order valence-electron chi connectivity index (χ3n) is 3.63. The van der Waals surface area contributed by atoms with Gasteiger partial charge in [-0.2, -0.15) is 5.26 Å². The Morgan fingerprint density at radius 2 is 1.89 bits per heavy atom. The highest BCUT2D eigenvalue weighted by atomic mass is 35.5. The van der Waals surface area contributed by atoms with Gasteiger partial charge in [-0.15, -0.1) is 0 Å². The van der Waals surface area contributed by atoms with Crippen LogP contribution in [0.15, 0.2) is 36.4 Å². The lowest BCUT2D eigenvalue weighted by Gasteiger charge is -2.15. The van der Waals surface area contributed by atoms with E-state index in [1.807, 2.05) is 6.07 Å². The molecule has 0 bridgehead atoms. The molecule has 0 heterocycles. The molecule has 0 aromatic heterocycles. The molecule has 2 aromatic rings. The molecule has 2 aromatic carbocycles. The number of nitrogens with zero attached hydrogens (tertiary/aromatic N) is 1. The van der Waals surface area contributed by atoms with Gasteiger partial charge >= 0.3 is 5.97 Å². The Labute approximate surface area is 161 Å². The van der Waals surface area contributed by atoms with E-state index in [9.17, 15) is 9.59 Å². The van der Waals surface area contributed by atoms with Gasteiger partial charge in [0.15, 0.2) is 17.6 Å². The first kappa shape index (κ1) is 20.1. The van der Waals surface area contributed by atoms with Crippen molar-refractivity contribution in [3.8, 4) is 17.6 Å². The summed E-state index contributed by atoms with van der Waals surface area (Å²) in [5.41, 5.74) is 0.743. The first-order valence-corrected chi connectivity index (χ1v) is 8.21. The van der Waals surface area contributed by atoms with Gasteiger partial charge in [-0.05, 0) is 31.2 Å². The Bertz CT molecular complexity index is 907. The van der Waals surface area contributed by atoms with Crippen molar-refractivity contribution in [3.63, 3.8) is 0 Å². The van der Waals surface area contributed by atoms with E-state index in [-0.39, 0.29) is 22.1 Å². The molecule has 0 unspecified atom stereocenters. The number of nitriles is 1. The largest absolute Gasteiger partial charge is 0.493 e. The summed E-state index contributed by atoms with van der Waals surface area (Å²) in [6.07, 6.45) is -1.10. The van der Waals surface area contributed by atoms with Crippen LogP contribution in [0.1, 0.15) is 22.8 Å². The second-order valence-electron chi connectivity index (χ2n) is 5.39. The van der Waals surface area contributed by atoms with E-state index in [1.165, 1.54) is 33.3 Å². The lowest BCUT2D eigenvalue weighted by atomic mass is 10.2. The van der Waals surface area contributed by atoms with Gasteiger partial charge < -0.3 is 19.5 Å². The highest BCUT2D eigenvalue weighted by molar-refractivity contribution is 6.32. The molecule has 2 rings (SSSR count). The van der Waals surface area contributed by atoms with E-state index in [4.69, 9.17) is 31.1 Å². The van der Waals surface area contributed by atoms with Crippen molar-refractivity contribution in [2.75, 3.05) is 19.5 Å². The fourth-order valence-corrected chi connectivity index (χ4v) is 2.53. The van der Waals surface area contributed by atoms with Crippen LogP contribution in [0.25, 0.3) is 0 Å². The third kappa shape index (κ3) is 4.68. The smallest absolute Gasteiger partial charge is 0.339 e. The fraction of sp³-hybridized carbons (Fsp3) is 0.211. The highest BCUT2D eigenvalue weighted by Gasteiger charge is 2.22. The second kappa shape index (κ2) is 8.92. The Morgan fingerprint density at radius 3 is 2.52 bits per heavy atom. The lowest BCUT2D eigenvalue weighted by molar-refractivity contribution is -0.123. The summed E-state index contributed by atoms with van der Waals surface area (Å²) in [6.45, 7) is 1.42. The van der Waals surface area contributed by atoms with Crippen LogP contribution >= 0.6 is 11.6 Å². The minimum absolute atomic E-state index is 0.106. The van der Waals surface area contributed by atoms with Gasteiger partial charge in [0.2, 0.25) is 0 Å². The average molecular weight is 389 g/mol. The van der Waals surface area contributed by atoms with Crippen LogP contribution in [0, 0.1) is 11.3 Å². The van der Waals surface area contributed by atoms with E-state index < -0.39 is 18.0 Å². The maximum atomic E-state index is 12.3. The summed E-state index contributed by atoms with van der Waals surface area (Å²) in [5, 5.41) is 11.8. The Hall–Kier alpha value is -3.24. The van der Waals surface area contributed by atoms with Gasteiger partial charge in [0.05, 0.1) is 36.1 Å². The van der Waals surface area contributed by atoms with Crippen molar-refractivity contribution in [2.45, 2.75) is 13.0 Å². The molecule has 0 radical (unpaired) electrons. The topological polar surface area (TPSA) is 97.6 Å². The molecule has 0 spiro atoms. The number of carbonyl (C=O) groups excluding carboxylic acids is 2. The molecule has 8 heteroatoms. The summed E-state index contributed by atoms with van der Waals surface area (Å²) in [6, 6.07) is 11.2. The van der Waals surface area contributed by atoms with Crippen molar-refractivity contribution in [3.05, 3.63) is 52.5 Å². The van der Waals surface area contributed by atoms with Crippen LogP contribution in [0.3, 0.4) is 0 Å². The van der Waals surface area contributed by atoms with E-state index in [2.05, 4.69) is 5.32 Å². The SMILES string of the molecule is COc1cc(C(=O)O[C@H](C)C(=O)Nc2ccccc2C#N)cc(Cl)c1OC. The maximum Gasteiger partial charge on any atom is 0.339 e. The van der Waals surface area contributed by atoms with E-state index in [0.717, 1.165) is 0 Å². The third-order valence-corrected chi connectivity index (χ3v) is 3.91. The van der Waals surface area contributed by atoms with Crippen molar-refractivity contribution in [1.82, 2.24) is 0 Å². The molecule has 0 saturated carbocycles. The first-order valence-electron chi connectivity index (χ1n) is 7.83. The molecular formula is C19H17ClN2O5. The number of nitrogens with one attached hydrogen (secondary N) is 1. The van der Waals surface area contributed by atoms with Crippen molar-refractivity contribution < 1.29 is 23.8 Å². The second-order valence-corrected chi connectivity index (χ2v) is 5.79. The summed E-state index contributed by atoms with van der Waals surface area (Å²) >= 11 is 6.07. The fourth-order valence-electron chi connectivity index (χ4n) is 2.24. The quantitative estimate of drug-likeness (QED) is 0.761. The zero-order chi connectivity index (χ0) is 20.0. The summed E-state index contributed by atoms with van der Waals surface area (Å²) < 4.78 is 15.4. The number of anilines is 1. The standard InChI is InChI=1S/C19H17ClN2O5/c1-11(18(23)22-15-7-5-4-6-12(15)10-21)27-19(24)13-8-14(20)17(26-3)16(9-13)25-2/h4-9,11H,1-3H3,(H,22,23)/t11-/m1/s1. The molecule has 7 nitrogen and oxygen atoms in total. The number of amides is 1. The van der Waals surface area contributed by atoms with Crippen LogP contribution in [-0.2, 0) is 9.53 Å². The lowest BCUT2D eigenvalue weighted by Crippen LogP contribution is -2.30. The van der Waals surface area contributed by atoms with Crippen molar-refractivity contribution >= 4 is 29.2 Å². The van der Waals surface area contributed by atoms with Gasteiger partial charge in [-0.25, -0.2) is 4.79 Å². The molecule has 0 saturated heterocycles. The zero-order valence-electron chi connectivity index (χ0n) is 14.9. The van der Waals surface area contributed by atoms with Crippen LogP contribution < -0.4 is 14.8 Å². The molecule has 1 amide bonds. The Morgan fingerprint density at radius 1 is 1.19 bits per heavy atom. The summed E-state index contributed by atoms with van der Waals surface area (Å²) in [4.78, 5) is 24.6. The van der Waals surface area contributed by atoms with Gasteiger partial charge in [0, 0.05) is 0 Å². The van der Waals surface area contributed by atoms with Crippen molar-refractivity contribution in [2.24, 2.45) is 0 Å². The average Bonchev–Trinajstić information content (AvgIpc) is 2.67. The van der Waals surface area contributed by atoms with Crippen molar-refractivity contribution in [1.29, 1.82) is 5.26 Å². The summed E-state index contributed by atoms with van der Waals surface area (Å²) in [5.74, 6) is -0.779. The van der Waals surface area contributed by atoms with Crippen LogP contribution in [0.5, 0.6) is 11.5 Å². The Kier molecular flexibility index (Phi) is 6.63. The van der Waals surface area contributed by atoms with E-state index in [0.29, 0.717) is 11.3 Å². The molecule has 0 aliphatic heterocycles. The number of para-hydroxylation sites is 1. The molecule has 1 atom stereocenters. The van der Waals surface area contributed by atoms with Crippen LogP contribution in [0.2, 0.25) is 5.02 Å². The minimum atomic E-state index is -1.10. The number of halogens is 1. The number of carbonyl (C=O) groups is 2. The number of rotatable bonds is 6. The number of hydrogen-bond acceptors (Lipinski definition) is 6. The Balaban J connectivity index is 2.12. The van der Waals surface area contributed by atoms with Crippen LogP contribution in [0.4, 0.5) is 5.69 Å². The van der Waals surface area contributed by atoms with Gasteiger partial charge in [0.1, 0.15) is 6.07 Å². The van der Waals surface area contributed by atoms with Crippen LogP contribution in [-0.4, -0.2) is 32.2 Å². The number of hydrogen-bond donors (Lipinski definition) is 1. The molecule has 1 N–H and O–H groups in total. The number of ether oxygens (including phenoxy) is 3. The highest BCUT2D eigenvalue weighted by Crippen LogP contribution is 2.36.